The summed E-state index contributed by atoms with van der Waals surface area (Å²) < 4.78 is 0. The minimum absolute atomic E-state index is 0. The Morgan fingerprint density at radius 1 is 0.444 bits per heavy atom. The molecule has 0 amide bonds. The first kappa shape index (κ1) is 49.9. The zero-order valence-electron chi connectivity index (χ0n) is 27.4. The summed E-state index contributed by atoms with van der Waals surface area (Å²) in [7, 11) is 0. The molecule has 0 atom stereocenters. The van der Waals surface area contributed by atoms with Crippen molar-refractivity contribution in [1.29, 1.82) is 5.41 Å². The van der Waals surface area contributed by atoms with Gasteiger partial charge in [0.05, 0.1) is 60.8 Å². The maximum absolute atomic E-state index is 8.25. The van der Waals surface area contributed by atoms with Crippen LogP contribution in [0.4, 0.5) is 0 Å². The third kappa shape index (κ3) is 24.0. The van der Waals surface area contributed by atoms with E-state index in [9.17, 15) is 0 Å². The Labute approximate surface area is 341 Å². The van der Waals surface area contributed by atoms with Gasteiger partial charge in [-0.3, -0.25) is 19.9 Å². The number of hydrogen-bond donors (Lipinski definition) is 1. The summed E-state index contributed by atoms with van der Waals surface area (Å²) in [5.74, 6) is 0. The number of pyridine rings is 6. The Balaban J connectivity index is 0. The molecule has 6 aromatic rings. The van der Waals surface area contributed by atoms with Gasteiger partial charge in [0.2, 0.25) is 0 Å². The first-order valence-corrected chi connectivity index (χ1v) is 14.5. The Morgan fingerprint density at radius 2 is 0.611 bits per heavy atom. The third-order valence-corrected chi connectivity index (χ3v) is 5.21. The summed E-state index contributed by atoms with van der Waals surface area (Å²) in [6, 6.07) is 35.0. The first-order chi connectivity index (χ1) is 24.8. The SMILES string of the molecule is CC(=N)[S-].O=[N+]([O-])[O-].O=[N+]([O-])[O-].O=[N+]([O-])[O-].[Pt+2].[Pt+2].c1ccc(-c2cccc(-c3ccccn3)n2)nc1.c1ccc(-c2cccc(-c3ccccn3)n2)nc1. The molecule has 19 nitrogen and oxygen atoms in total. The standard InChI is InChI=1S/2C15H11N3.C2H5NS.3NO3.2Pt/c2*1-3-10-16-12(6-1)14-8-5-9-15(18-14)13-7-2-4-11-17-13;1-2(3)4;3*2-1(3)4;;/h2*1-11H;1H3,(H2,3,4);;;;;/q;;;3*-1;2*+2/p-1. The van der Waals surface area contributed by atoms with Crippen molar-refractivity contribution in [3.8, 4) is 45.6 Å². The van der Waals surface area contributed by atoms with E-state index in [2.05, 4.69) is 42.5 Å². The van der Waals surface area contributed by atoms with Gasteiger partial charge in [-0.2, -0.15) is 0 Å². The van der Waals surface area contributed by atoms with E-state index in [1.807, 2.05) is 109 Å². The quantitative estimate of drug-likeness (QED) is 0.0673. The van der Waals surface area contributed by atoms with Crippen molar-refractivity contribution in [3.05, 3.63) is 180 Å². The summed E-state index contributed by atoms with van der Waals surface area (Å²) in [6.45, 7) is 1.56. The fraction of sp³-hybridized carbons (Fsp3) is 0.0312. The Bertz CT molecular complexity index is 1670. The van der Waals surface area contributed by atoms with Gasteiger partial charge in [-0.25, -0.2) is 9.97 Å². The molecule has 22 heteroatoms. The van der Waals surface area contributed by atoms with Crippen LogP contribution in [-0.2, 0) is 54.8 Å². The molecule has 0 radical (unpaired) electrons. The van der Waals surface area contributed by atoms with Gasteiger partial charge < -0.3 is 64.0 Å². The summed E-state index contributed by atoms with van der Waals surface area (Å²) in [4.78, 5) is 51.1. The van der Waals surface area contributed by atoms with Gasteiger partial charge >= 0.3 is 42.1 Å². The van der Waals surface area contributed by atoms with Gasteiger partial charge in [-0.05, 0) is 79.7 Å². The summed E-state index contributed by atoms with van der Waals surface area (Å²) >= 11 is 4.20. The smallest absolute Gasteiger partial charge is 0.765 e. The molecule has 6 heterocycles. The first-order valence-electron chi connectivity index (χ1n) is 14.1. The maximum atomic E-state index is 8.25. The van der Waals surface area contributed by atoms with Gasteiger partial charge in [0, 0.05) is 24.8 Å². The summed E-state index contributed by atoms with van der Waals surface area (Å²) in [5, 5.41) is 50.8. The predicted molar refractivity (Wildman–Crippen MR) is 193 cm³/mol. The van der Waals surface area contributed by atoms with Crippen LogP contribution in [0.5, 0.6) is 0 Å². The van der Waals surface area contributed by atoms with E-state index in [0.717, 1.165) is 45.6 Å². The van der Waals surface area contributed by atoms with Gasteiger partial charge in [0.25, 0.3) is 0 Å². The Morgan fingerprint density at radius 3 is 0.759 bits per heavy atom. The van der Waals surface area contributed by atoms with E-state index >= 15 is 0 Å². The van der Waals surface area contributed by atoms with Crippen LogP contribution in [0.2, 0.25) is 0 Å². The molecule has 284 valence electrons. The molecule has 0 aliphatic rings. The molecular weight excluding hydrogens is 1090 g/mol. The monoisotopic (exact) mass is 1120 g/mol. The van der Waals surface area contributed by atoms with E-state index in [1.54, 1.807) is 31.7 Å². The van der Waals surface area contributed by atoms with Gasteiger partial charge in [-0.1, -0.05) is 36.4 Å². The van der Waals surface area contributed by atoms with Crippen molar-refractivity contribution >= 4 is 17.7 Å². The van der Waals surface area contributed by atoms with Crippen LogP contribution < -0.4 is 0 Å². The van der Waals surface area contributed by atoms with Crippen LogP contribution >= 0.6 is 0 Å². The number of hydrogen-bond acceptors (Lipinski definition) is 17. The number of nitrogens with zero attached hydrogens (tertiary/aromatic N) is 9. The molecule has 0 spiro atoms. The molecule has 0 fully saturated rings. The van der Waals surface area contributed by atoms with Crippen molar-refractivity contribution in [3.63, 3.8) is 0 Å². The average molecular weight is 1120 g/mol. The van der Waals surface area contributed by atoms with Crippen molar-refractivity contribution < 1.29 is 57.4 Å². The minimum atomic E-state index is -1.75. The van der Waals surface area contributed by atoms with Gasteiger partial charge in [0.1, 0.15) is 0 Å². The number of nitrogens with one attached hydrogen (secondary N) is 1. The molecule has 0 bridgehead atoms. The zero-order chi connectivity index (χ0) is 38.7. The summed E-state index contributed by atoms with van der Waals surface area (Å²) in [6.07, 6.45) is 7.07. The molecule has 0 aliphatic carbocycles. The molecule has 0 unspecified atom stereocenters. The number of aromatic nitrogens is 6. The van der Waals surface area contributed by atoms with E-state index < -0.39 is 15.3 Å². The second kappa shape index (κ2) is 29.4. The van der Waals surface area contributed by atoms with Gasteiger partial charge in [0.15, 0.2) is 0 Å². The minimum Gasteiger partial charge on any atom is -0.765 e. The number of rotatable bonds is 4. The van der Waals surface area contributed by atoms with E-state index in [0.29, 0.717) is 0 Å². The Kier molecular flexibility index (Phi) is 27.1. The van der Waals surface area contributed by atoms with E-state index in [4.69, 9.17) is 51.4 Å². The van der Waals surface area contributed by atoms with Crippen molar-refractivity contribution in [2.24, 2.45) is 0 Å². The van der Waals surface area contributed by atoms with Crippen LogP contribution in [0.25, 0.3) is 45.6 Å². The molecule has 0 saturated heterocycles. The van der Waals surface area contributed by atoms with Crippen molar-refractivity contribution in [1.82, 2.24) is 29.9 Å². The van der Waals surface area contributed by atoms with Crippen LogP contribution in [0.1, 0.15) is 6.92 Å². The Hall–Kier alpha value is -6.23. The van der Waals surface area contributed by atoms with Crippen molar-refractivity contribution in [2.75, 3.05) is 0 Å². The normalized spacial score (nSPS) is 8.61. The van der Waals surface area contributed by atoms with Crippen LogP contribution in [0, 0.1) is 51.4 Å². The van der Waals surface area contributed by atoms with Crippen LogP contribution in [0.15, 0.2) is 134 Å². The molecule has 0 aromatic carbocycles. The predicted octanol–water partition coefficient (Wildman–Crippen LogP) is 6.22. The third-order valence-electron chi connectivity index (χ3n) is 5.21. The maximum Gasteiger partial charge on any atom is 2.00 e. The molecule has 6 rings (SSSR count). The van der Waals surface area contributed by atoms with E-state index in [1.165, 1.54) is 0 Å². The molecule has 54 heavy (non-hydrogen) atoms. The topological polar surface area (TPSA) is 300 Å². The molecule has 0 aliphatic heterocycles. The summed E-state index contributed by atoms with van der Waals surface area (Å²) in [5.41, 5.74) is 6.92. The fourth-order valence-corrected chi connectivity index (χ4v) is 3.50. The van der Waals surface area contributed by atoms with E-state index in [-0.39, 0.29) is 47.2 Å². The molecule has 0 saturated carbocycles. The second-order valence-corrected chi connectivity index (χ2v) is 9.52. The molecule has 1 N–H and O–H groups in total. The van der Waals surface area contributed by atoms with Gasteiger partial charge in [-0.15, -0.1) is 5.04 Å². The largest absolute Gasteiger partial charge is 2.00 e. The zero-order valence-corrected chi connectivity index (χ0v) is 32.8. The molecule has 6 aromatic heterocycles. The molecular formula is C32H26N10O9Pt2S. The second-order valence-electron chi connectivity index (χ2n) is 8.90. The van der Waals surface area contributed by atoms with Crippen LogP contribution in [0.3, 0.4) is 0 Å². The van der Waals surface area contributed by atoms with Crippen molar-refractivity contribution in [2.45, 2.75) is 6.92 Å². The van der Waals surface area contributed by atoms with Crippen LogP contribution in [-0.4, -0.2) is 50.2 Å². The fourth-order valence-electron chi connectivity index (χ4n) is 3.50. The average Bonchev–Trinajstić information content (AvgIpc) is 3.13.